The van der Waals surface area contributed by atoms with Crippen molar-refractivity contribution in [2.45, 2.75) is 58.0 Å². The highest BCUT2D eigenvalue weighted by atomic mass is 35.5. The predicted molar refractivity (Wildman–Crippen MR) is 116 cm³/mol. The van der Waals surface area contributed by atoms with E-state index in [0.717, 1.165) is 5.56 Å². The van der Waals surface area contributed by atoms with Crippen LogP contribution in [-0.2, 0) is 20.8 Å². The Bertz CT molecular complexity index is 628. The number of hydrogen-bond donors (Lipinski definition) is 4. The normalized spacial score (nSPS) is 13.5. The Morgan fingerprint density at radius 3 is 2.34 bits per heavy atom. The van der Waals surface area contributed by atoms with E-state index in [-0.39, 0.29) is 30.7 Å². The summed E-state index contributed by atoms with van der Waals surface area (Å²) in [7, 11) is 0. The van der Waals surface area contributed by atoms with Crippen molar-refractivity contribution in [2.75, 3.05) is 13.2 Å². The summed E-state index contributed by atoms with van der Waals surface area (Å²) in [4.78, 5) is 37.0. The lowest BCUT2D eigenvalue weighted by atomic mass is 9.96. The maximum absolute atomic E-state index is 12.8. The van der Waals surface area contributed by atoms with Gasteiger partial charge in [0.1, 0.15) is 12.6 Å². The molecule has 1 aromatic rings. The van der Waals surface area contributed by atoms with Crippen molar-refractivity contribution in [3.63, 3.8) is 0 Å². The molecule has 0 saturated heterocycles. The molecule has 0 saturated carbocycles. The molecule has 3 unspecified atom stereocenters. The lowest BCUT2D eigenvalue weighted by Crippen LogP contribution is -2.54. The first-order chi connectivity index (χ1) is 13.4. The van der Waals surface area contributed by atoms with Gasteiger partial charge in [0, 0.05) is 6.42 Å². The molecule has 29 heavy (non-hydrogen) atoms. The van der Waals surface area contributed by atoms with Crippen LogP contribution in [0.15, 0.2) is 30.3 Å². The number of hydrogen-bond acceptors (Lipinski definition) is 5. The molecule has 5 N–H and O–H groups in total. The summed E-state index contributed by atoms with van der Waals surface area (Å²) in [5.74, 6) is -1.18. The van der Waals surface area contributed by atoms with Gasteiger partial charge in [0.25, 0.3) is 0 Å². The Morgan fingerprint density at radius 2 is 1.79 bits per heavy atom. The van der Waals surface area contributed by atoms with Gasteiger partial charge in [-0.15, -0.1) is 12.4 Å². The summed E-state index contributed by atoms with van der Waals surface area (Å²) >= 11 is 0. The van der Waals surface area contributed by atoms with Gasteiger partial charge >= 0.3 is 0 Å². The minimum Gasteiger partial charge on any atom is -0.389 e. The number of carbonyl (C=O) groups is 3. The number of amides is 2. The number of nitrogens with two attached hydrogens (primary N) is 1. The van der Waals surface area contributed by atoms with E-state index in [2.05, 4.69) is 10.6 Å². The number of benzene rings is 1. The van der Waals surface area contributed by atoms with Gasteiger partial charge in [-0.25, -0.2) is 0 Å². The third-order valence-electron chi connectivity index (χ3n) is 4.85. The largest absolute Gasteiger partial charge is 0.389 e. The zero-order valence-corrected chi connectivity index (χ0v) is 18.0. The molecule has 1 rings (SSSR count). The summed E-state index contributed by atoms with van der Waals surface area (Å²) in [6.45, 7) is 3.57. The highest BCUT2D eigenvalue weighted by molar-refractivity contribution is 5.93. The average Bonchev–Trinajstić information content (AvgIpc) is 2.72. The van der Waals surface area contributed by atoms with Crippen molar-refractivity contribution >= 4 is 30.0 Å². The van der Waals surface area contributed by atoms with E-state index < -0.39 is 30.4 Å². The second-order valence-electron chi connectivity index (χ2n) is 7.03. The standard InChI is InChI=1S/C21H33N3O4.ClH/c1-3-15(2)20(24-19(27)10-7-13-22)21(28)23-17(18(26)14-25)12-11-16-8-5-4-6-9-16;/h4-6,8-9,15,17,20,25H,3,7,10-14,22H2,1-2H3,(H,23,28)(H,24,27);1H. The van der Waals surface area contributed by atoms with E-state index in [9.17, 15) is 19.5 Å². The van der Waals surface area contributed by atoms with Crippen molar-refractivity contribution < 1.29 is 19.5 Å². The van der Waals surface area contributed by atoms with Gasteiger partial charge in [-0.3, -0.25) is 14.4 Å². The summed E-state index contributed by atoms with van der Waals surface area (Å²) in [5.41, 5.74) is 6.47. The highest BCUT2D eigenvalue weighted by Crippen LogP contribution is 2.11. The van der Waals surface area contributed by atoms with Gasteiger partial charge in [0.05, 0.1) is 6.04 Å². The first-order valence-electron chi connectivity index (χ1n) is 9.90. The smallest absolute Gasteiger partial charge is 0.243 e. The predicted octanol–water partition coefficient (Wildman–Crippen LogP) is 1.36. The zero-order valence-electron chi connectivity index (χ0n) is 17.2. The quantitative estimate of drug-likeness (QED) is 0.378. The fourth-order valence-electron chi connectivity index (χ4n) is 2.85. The Labute approximate surface area is 179 Å². The second kappa shape index (κ2) is 15.0. The van der Waals surface area contributed by atoms with Gasteiger partial charge in [0.15, 0.2) is 5.78 Å². The lowest BCUT2D eigenvalue weighted by molar-refractivity contribution is -0.133. The van der Waals surface area contributed by atoms with E-state index >= 15 is 0 Å². The Hall–Kier alpha value is -1.96. The zero-order chi connectivity index (χ0) is 20.9. The van der Waals surface area contributed by atoms with E-state index in [1.54, 1.807) is 0 Å². The monoisotopic (exact) mass is 427 g/mol. The Kier molecular flexibility index (Phi) is 13.9. The molecule has 0 aliphatic heterocycles. The van der Waals surface area contributed by atoms with Crippen LogP contribution < -0.4 is 16.4 Å². The van der Waals surface area contributed by atoms with Crippen molar-refractivity contribution in [1.82, 2.24) is 10.6 Å². The van der Waals surface area contributed by atoms with Crippen molar-refractivity contribution in [3.8, 4) is 0 Å². The number of aliphatic hydroxyl groups is 1. The SMILES string of the molecule is CCC(C)C(NC(=O)CCCN)C(=O)NC(CCc1ccccc1)C(=O)CO.Cl. The minimum absolute atomic E-state index is 0. The van der Waals surface area contributed by atoms with Crippen LogP contribution >= 0.6 is 12.4 Å². The van der Waals surface area contributed by atoms with Crippen molar-refractivity contribution in [2.24, 2.45) is 11.7 Å². The van der Waals surface area contributed by atoms with Crippen LogP contribution in [0, 0.1) is 5.92 Å². The van der Waals surface area contributed by atoms with Crippen LogP contribution in [0.5, 0.6) is 0 Å². The first kappa shape index (κ1) is 27.0. The van der Waals surface area contributed by atoms with Crippen LogP contribution in [0.2, 0.25) is 0 Å². The molecule has 3 atom stereocenters. The molecule has 0 aliphatic rings. The molecular formula is C21H34ClN3O4. The molecule has 164 valence electrons. The molecule has 2 amide bonds. The molecule has 1 aromatic carbocycles. The first-order valence-corrected chi connectivity index (χ1v) is 9.90. The molecule has 0 radical (unpaired) electrons. The van der Waals surface area contributed by atoms with Crippen LogP contribution in [0.1, 0.15) is 45.1 Å². The molecule has 0 bridgehead atoms. The molecule has 0 aliphatic carbocycles. The third kappa shape index (κ3) is 9.87. The van der Waals surface area contributed by atoms with E-state index in [1.165, 1.54) is 0 Å². The minimum atomic E-state index is -0.801. The maximum atomic E-state index is 12.8. The second-order valence-corrected chi connectivity index (χ2v) is 7.03. The molecule has 0 aromatic heterocycles. The number of aliphatic hydroxyl groups excluding tert-OH is 1. The fourth-order valence-corrected chi connectivity index (χ4v) is 2.85. The van der Waals surface area contributed by atoms with Crippen molar-refractivity contribution in [3.05, 3.63) is 35.9 Å². The molecule has 7 nitrogen and oxygen atoms in total. The van der Waals surface area contributed by atoms with Crippen LogP contribution in [0.3, 0.4) is 0 Å². The summed E-state index contributed by atoms with van der Waals surface area (Å²) in [5, 5.41) is 14.8. The maximum Gasteiger partial charge on any atom is 0.243 e. The molecule has 0 fully saturated rings. The molecule has 8 heteroatoms. The fraction of sp³-hybridized carbons (Fsp3) is 0.571. The van der Waals surface area contributed by atoms with Crippen LogP contribution in [0.4, 0.5) is 0 Å². The van der Waals surface area contributed by atoms with Gasteiger partial charge in [0.2, 0.25) is 11.8 Å². The summed E-state index contributed by atoms with van der Waals surface area (Å²) in [6, 6.07) is 8.08. The number of nitrogens with one attached hydrogen (secondary N) is 2. The molecule has 0 heterocycles. The topological polar surface area (TPSA) is 122 Å². The van der Waals surface area contributed by atoms with E-state index in [4.69, 9.17) is 5.73 Å². The molecular weight excluding hydrogens is 394 g/mol. The number of carbonyl (C=O) groups excluding carboxylic acids is 3. The number of ketones is 1. The number of rotatable bonds is 13. The third-order valence-corrected chi connectivity index (χ3v) is 4.85. The summed E-state index contributed by atoms with van der Waals surface area (Å²) in [6.07, 6.45) is 2.46. The van der Waals surface area contributed by atoms with E-state index in [0.29, 0.717) is 32.2 Å². The van der Waals surface area contributed by atoms with Gasteiger partial charge in [-0.1, -0.05) is 50.6 Å². The molecule has 0 spiro atoms. The van der Waals surface area contributed by atoms with Gasteiger partial charge in [-0.2, -0.15) is 0 Å². The Balaban J connectivity index is 0.00000784. The highest BCUT2D eigenvalue weighted by Gasteiger charge is 2.29. The Morgan fingerprint density at radius 1 is 1.14 bits per heavy atom. The summed E-state index contributed by atoms with van der Waals surface area (Å²) < 4.78 is 0. The van der Waals surface area contributed by atoms with Crippen molar-refractivity contribution in [1.29, 1.82) is 0 Å². The lowest BCUT2D eigenvalue weighted by Gasteiger charge is -2.26. The average molecular weight is 428 g/mol. The van der Waals surface area contributed by atoms with Crippen LogP contribution in [-0.4, -0.2) is 47.9 Å². The number of Topliss-reactive ketones (excluding diaryl/α,β-unsaturated/α-hetero) is 1. The van der Waals surface area contributed by atoms with Crippen LogP contribution in [0.25, 0.3) is 0 Å². The van der Waals surface area contributed by atoms with E-state index in [1.807, 2.05) is 44.2 Å². The van der Waals surface area contributed by atoms with Gasteiger partial charge < -0.3 is 21.5 Å². The number of aryl methyl sites for hydroxylation is 1. The van der Waals surface area contributed by atoms with Gasteiger partial charge in [-0.05, 0) is 37.3 Å². The number of halogens is 1.